The van der Waals surface area contributed by atoms with Crippen LogP contribution in [-0.2, 0) is 13.0 Å². The molecule has 0 aromatic heterocycles. The molecule has 0 bridgehead atoms. The van der Waals surface area contributed by atoms with Gasteiger partial charge in [0.05, 0.1) is 14.2 Å². The molecule has 4 rings (SSSR count). The van der Waals surface area contributed by atoms with E-state index < -0.39 is 0 Å². The summed E-state index contributed by atoms with van der Waals surface area (Å²) in [5.74, 6) is 2.97. The molecule has 1 aliphatic rings. The molecule has 0 saturated carbocycles. The van der Waals surface area contributed by atoms with Gasteiger partial charge in [0.1, 0.15) is 12.7 Å². The lowest BCUT2D eigenvalue weighted by Crippen LogP contribution is -2.08. The highest BCUT2D eigenvalue weighted by Gasteiger charge is 2.35. The maximum Gasteiger partial charge on any atom is 0.165 e. The predicted molar refractivity (Wildman–Crippen MR) is 119 cm³/mol. The van der Waals surface area contributed by atoms with Gasteiger partial charge in [0.15, 0.2) is 23.0 Å². The van der Waals surface area contributed by atoms with Crippen molar-refractivity contribution in [3.8, 4) is 23.0 Å². The van der Waals surface area contributed by atoms with Crippen LogP contribution in [-0.4, -0.2) is 25.9 Å². The number of hydrogen-bond donors (Lipinski definition) is 1. The molecule has 0 saturated heterocycles. The van der Waals surface area contributed by atoms with E-state index in [-0.39, 0.29) is 18.6 Å². The first kappa shape index (κ1) is 21.1. The maximum absolute atomic E-state index is 9.33. The Balaban J connectivity index is 1.57. The van der Waals surface area contributed by atoms with Crippen LogP contribution in [0.3, 0.4) is 0 Å². The number of aliphatic hydroxyl groups is 1. The second-order valence-electron chi connectivity index (χ2n) is 7.70. The lowest BCUT2D eigenvalue weighted by atomic mass is 9.91. The van der Waals surface area contributed by atoms with E-state index in [9.17, 15) is 5.11 Å². The number of aliphatic hydroxyl groups excluding tert-OH is 1. The van der Waals surface area contributed by atoms with Gasteiger partial charge in [-0.05, 0) is 41.3 Å². The van der Waals surface area contributed by atoms with E-state index in [1.54, 1.807) is 14.2 Å². The van der Waals surface area contributed by atoms with E-state index in [2.05, 4.69) is 13.0 Å². The van der Waals surface area contributed by atoms with Crippen LogP contribution in [0.15, 0.2) is 60.7 Å². The fraction of sp³-hybridized carbons (Fsp3) is 0.308. The Kier molecular flexibility index (Phi) is 6.33. The zero-order valence-corrected chi connectivity index (χ0v) is 18.1. The van der Waals surface area contributed by atoms with Crippen molar-refractivity contribution in [3.63, 3.8) is 0 Å². The first-order valence-electron chi connectivity index (χ1n) is 10.5. The van der Waals surface area contributed by atoms with Crippen LogP contribution in [0.1, 0.15) is 41.2 Å². The Morgan fingerprint density at radius 3 is 2.35 bits per heavy atom. The minimum atomic E-state index is -0.162. The highest BCUT2D eigenvalue weighted by molar-refractivity contribution is 5.55. The number of rotatable bonds is 8. The predicted octanol–water partition coefficient (Wildman–Crippen LogP) is 5.05. The number of benzene rings is 3. The van der Waals surface area contributed by atoms with Crippen molar-refractivity contribution in [2.75, 3.05) is 20.8 Å². The molecule has 0 unspecified atom stereocenters. The summed E-state index contributed by atoms with van der Waals surface area (Å²) in [4.78, 5) is 0. The largest absolute Gasteiger partial charge is 0.493 e. The normalized spacial score (nSPS) is 17.0. The van der Waals surface area contributed by atoms with Gasteiger partial charge in [0.2, 0.25) is 0 Å². The molecule has 1 aliphatic heterocycles. The summed E-state index contributed by atoms with van der Waals surface area (Å²) in [7, 11) is 3.29. The number of fused-ring (bicyclic) bond motifs is 1. The zero-order chi connectivity index (χ0) is 21.8. The first-order chi connectivity index (χ1) is 15.1. The van der Waals surface area contributed by atoms with Crippen LogP contribution < -0.4 is 18.9 Å². The molecule has 2 atom stereocenters. The third-order valence-electron chi connectivity index (χ3n) is 5.71. The molecule has 31 heavy (non-hydrogen) atoms. The van der Waals surface area contributed by atoms with Crippen LogP contribution in [0, 0.1) is 0 Å². The van der Waals surface area contributed by atoms with Gasteiger partial charge >= 0.3 is 0 Å². The SMILES string of the molecule is COc1cc([C@@H]2Oc3c(OC)cc(CCO)cc3[C@H]2C)ccc1OCc1ccccc1. The van der Waals surface area contributed by atoms with Crippen molar-refractivity contribution < 1.29 is 24.1 Å². The van der Waals surface area contributed by atoms with E-state index in [1.165, 1.54) is 0 Å². The van der Waals surface area contributed by atoms with Crippen LogP contribution in [0.25, 0.3) is 0 Å². The molecule has 0 aliphatic carbocycles. The van der Waals surface area contributed by atoms with Crippen molar-refractivity contribution in [3.05, 3.63) is 82.9 Å². The fourth-order valence-corrected chi connectivity index (χ4v) is 4.04. The maximum atomic E-state index is 9.33. The molecular formula is C26H28O5. The highest BCUT2D eigenvalue weighted by Crippen LogP contribution is 2.51. The molecule has 3 aromatic carbocycles. The van der Waals surface area contributed by atoms with Gasteiger partial charge in [-0.15, -0.1) is 0 Å². The molecule has 5 nitrogen and oxygen atoms in total. The van der Waals surface area contributed by atoms with Crippen molar-refractivity contribution in [1.29, 1.82) is 0 Å². The smallest absolute Gasteiger partial charge is 0.165 e. The van der Waals surface area contributed by atoms with Gasteiger partial charge in [0, 0.05) is 18.1 Å². The molecule has 0 spiro atoms. The summed E-state index contributed by atoms with van der Waals surface area (Å²) in [5.41, 5.74) is 4.24. The Bertz CT molecular complexity index is 1030. The van der Waals surface area contributed by atoms with Gasteiger partial charge in [-0.2, -0.15) is 0 Å². The molecule has 1 N–H and O–H groups in total. The average Bonchev–Trinajstić information content (AvgIpc) is 3.14. The summed E-state index contributed by atoms with van der Waals surface area (Å²) in [6.45, 7) is 2.72. The van der Waals surface area contributed by atoms with E-state index in [0.717, 1.165) is 28.0 Å². The van der Waals surface area contributed by atoms with Gasteiger partial charge in [-0.25, -0.2) is 0 Å². The standard InChI is InChI=1S/C26H28O5/c1-17-21-13-19(11-12-27)14-24(29-3)26(21)31-25(17)20-9-10-22(23(15-20)28-2)30-16-18-7-5-4-6-8-18/h4-10,13-15,17,25,27H,11-12,16H2,1-3H3/t17-,25-/m1/s1. The minimum absolute atomic E-state index is 0.0995. The molecular weight excluding hydrogens is 392 g/mol. The van der Waals surface area contributed by atoms with Gasteiger partial charge in [0.25, 0.3) is 0 Å². The minimum Gasteiger partial charge on any atom is -0.493 e. The Labute approximate surface area is 183 Å². The summed E-state index contributed by atoms with van der Waals surface area (Å²) < 4.78 is 23.5. The summed E-state index contributed by atoms with van der Waals surface area (Å²) >= 11 is 0. The second-order valence-corrected chi connectivity index (χ2v) is 7.70. The number of hydrogen-bond acceptors (Lipinski definition) is 5. The molecule has 5 heteroatoms. The third-order valence-corrected chi connectivity index (χ3v) is 5.71. The fourth-order valence-electron chi connectivity index (χ4n) is 4.04. The molecule has 0 radical (unpaired) electrons. The quantitative estimate of drug-likeness (QED) is 0.552. The first-order valence-corrected chi connectivity index (χ1v) is 10.5. The summed E-state index contributed by atoms with van der Waals surface area (Å²) in [6, 6.07) is 20.0. The lowest BCUT2D eigenvalue weighted by molar-refractivity contribution is 0.207. The van der Waals surface area contributed by atoms with Crippen LogP contribution in [0.5, 0.6) is 23.0 Å². The molecule has 1 heterocycles. The lowest BCUT2D eigenvalue weighted by Gasteiger charge is -2.18. The van der Waals surface area contributed by atoms with Crippen LogP contribution in [0.4, 0.5) is 0 Å². The number of ether oxygens (including phenoxy) is 4. The Morgan fingerprint density at radius 1 is 0.871 bits per heavy atom. The molecule has 0 fully saturated rings. The summed E-state index contributed by atoms with van der Waals surface area (Å²) in [6.07, 6.45) is 0.424. The number of methoxy groups -OCH3 is 2. The van der Waals surface area contributed by atoms with E-state index in [0.29, 0.717) is 30.3 Å². The Hall–Kier alpha value is -3.18. The van der Waals surface area contributed by atoms with Gasteiger partial charge in [-0.1, -0.05) is 49.4 Å². The van der Waals surface area contributed by atoms with Crippen molar-refractivity contribution in [1.82, 2.24) is 0 Å². The van der Waals surface area contributed by atoms with E-state index in [4.69, 9.17) is 18.9 Å². The second kappa shape index (κ2) is 9.31. The molecule has 3 aromatic rings. The average molecular weight is 421 g/mol. The van der Waals surface area contributed by atoms with Crippen LogP contribution in [0.2, 0.25) is 0 Å². The monoisotopic (exact) mass is 420 g/mol. The topological polar surface area (TPSA) is 57.2 Å². The van der Waals surface area contributed by atoms with Crippen LogP contribution >= 0.6 is 0 Å². The molecule has 162 valence electrons. The van der Waals surface area contributed by atoms with Crippen molar-refractivity contribution >= 4 is 0 Å². The van der Waals surface area contributed by atoms with Gasteiger partial charge < -0.3 is 24.1 Å². The van der Waals surface area contributed by atoms with E-state index >= 15 is 0 Å². The summed E-state index contributed by atoms with van der Waals surface area (Å²) in [5, 5.41) is 9.33. The Morgan fingerprint density at radius 2 is 1.65 bits per heavy atom. The van der Waals surface area contributed by atoms with Crippen molar-refractivity contribution in [2.45, 2.75) is 32.0 Å². The van der Waals surface area contributed by atoms with Crippen molar-refractivity contribution in [2.24, 2.45) is 0 Å². The third kappa shape index (κ3) is 4.32. The zero-order valence-electron chi connectivity index (χ0n) is 18.1. The van der Waals surface area contributed by atoms with Gasteiger partial charge in [-0.3, -0.25) is 0 Å². The highest BCUT2D eigenvalue weighted by atomic mass is 16.5. The van der Waals surface area contributed by atoms with E-state index in [1.807, 2.05) is 54.6 Å². The molecule has 0 amide bonds.